The molecule has 1 saturated heterocycles. The van der Waals surface area contributed by atoms with Crippen molar-refractivity contribution in [2.45, 2.75) is 38.0 Å². The summed E-state index contributed by atoms with van der Waals surface area (Å²) < 4.78 is 0. The summed E-state index contributed by atoms with van der Waals surface area (Å²) in [6, 6.07) is 13.2. The molecule has 0 radical (unpaired) electrons. The Labute approximate surface area is 172 Å². The maximum Gasteiger partial charge on any atom is 0.0889 e. The van der Waals surface area contributed by atoms with Gasteiger partial charge in [-0.2, -0.15) is 0 Å². The van der Waals surface area contributed by atoms with Gasteiger partial charge in [-0.15, -0.1) is 0 Å². The quantitative estimate of drug-likeness (QED) is 0.699. The Morgan fingerprint density at radius 3 is 2.66 bits per heavy atom. The molecule has 148 valence electrons. The Balaban J connectivity index is 1.19. The molecule has 0 unspecified atom stereocenters. The molecule has 0 saturated carbocycles. The number of likely N-dealkylation sites (tertiary alicyclic amines) is 1. The van der Waals surface area contributed by atoms with Crippen LogP contribution in [0.15, 0.2) is 61.1 Å². The number of anilines is 1. The molecule has 1 spiro atoms. The molecule has 2 aliphatic rings. The highest BCUT2D eigenvalue weighted by molar-refractivity contribution is 5.74. The van der Waals surface area contributed by atoms with Crippen LogP contribution in [-0.2, 0) is 11.8 Å². The predicted molar refractivity (Wildman–Crippen MR) is 119 cm³/mol. The molecule has 3 aromatic rings. The van der Waals surface area contributed by atoms with E-state index in [4.69, 9.17) is 0 Å². The van der Waals surface area contributed by atoms with Gasteiger partial charge in [0, 0.05) is 29.2 Å². The standard InChI is InChI=1S/C25H28N4/c1-18-5-7-22-21(16-18)25(19(2)28-22)9-14-29(15-10-25)13-3-4-20-6-8-23-24(17-20)27-12-11-26-23/h5-8,11-12,16-17,28H,2-4,9-10,13-15H2,1H3. The third-order valence-electron chi connectivity index (χ3n) is 6.74. The Morgan fingerprint density at radius 2 is 1.83 bits per heavy atom. The lowest BCUT2D eigenvalue weighted by Crippen LogP contribution is -2.43. The minimum absolute atomic E-state index is 0.120. The lowest BCUT2D eigenvalue weighted by Gasteiger charge is -2.40. The van der Waals surface area contributed by atoms with Gasteiger partial charge in [0.15, 0.2) is 0 Å². The summed E-state index contributed by atoms with van der Waals surface area (Å²) in [5.74, 6) is 0. The number of benzene rings is 2. The molecule has 5 rings (SSSR count). The minimum Gasteiger partial charge on any atom is -0.358 e. The summed E-state index contributed by atoms with van der Waals surface area (Å²) >= 11 is 0. The van der Waals surface area contributed by atoms with Gasteiger partial charge in [0.05, 0.1) is 11.0 Å². The fraction of sp³-hybridized carbons (Fsp3) is 0.360. The van der Waals surface area contributed by atoms with Crippen molar-refractivity contribution in [3.63, 3.8) is 0 Å². The minimum atomic E-state index is 0.120. The second kappa shape index (κ2) is 7.27. The topological polar surface area (TPSA) is 41.0 Å². The number of nitrogens with one attached hydrogen (secondary N) is 1. The SMILES string of the molecule is C=C1Nc2ccc(C)cc2C12CCN(CCCc1ccc3nccnc3c1)CC2. The molecule has 2 aromatic carbocycles. The number of fused-ring (bicyclic) bond motifs is 3. The lowest BCUT2D eigenvalue weighted by molar-refractivity contribution is 0.179. The van der Waals surface area contributed by atoms with Crippen molar-refractivity contribution in [1.82, 2.24) is 14.9 Å². The number of allylic oxidation sites excluding steroid dienone is 1. The third kappa shape index (κ3) is 3.32. The number of hydrogen-bond acceptors (Lipinski definition) is 4. The molecule has 29 heavy (non-hydrogen) atoms. The molecule has 2 aliphatic heterocycles. The zero-order valence-electron chi connectivity index (χ0n) is 17.1. The Bertz CT molecular complexity index is 1060. The van der Waals surface area contributed by atoms with Gasteiger partial charge in [-0.25, -0.2) is 0 Å². The first-order chi connectivity index (χ1) is 14.1. The Hall–Kier alpha value is -2.72. The van der Waals surface area contributed by atoms with Gasteiger partial charge in [0.1, 0.15) is 0 Å². The van der Waals surface area contributed by atoms with Gasteiger partial charge >= 0.3 is 0 Å². The normalized spacial score (nSPS) is 18.2. The lowest BCUT2D eigenvalue weighted by atomic mass is 9.72. The van der Waals surface area contributed by atoms with E-state index < -0.39 is 0 Å². The summed E-state index contributed by atoms with van der Waals surface area (Å²) in [4.78, 5) is 11.4. The summed E-state index contributed by atoms with van der Waals surface area (Å²) in [6.45, 7) is 9.99. The van der Waals surface area contributed by atoms with E-state index in [1.807, 2.05) is 0 Å². The van der Waals surface area contributed by atoms with Crippen molar-refractivity contribution in [2.24, 2.45) is 0 Å². The second-order valence-corrected chi connectivity index (χ2v) is 8.56. The Kier molecular flexibility index (Phi) is 4.59. The largest absolute Gasteiger partial charge is 0.358 e. The first kappa shape index (κ1) is 18.3. The highest BCUT2D eigenvalue weighted by Crippen LogP contribution is 2.49. The van der Waals surface area contributed by atoms with Crippen LogP contribution in [0.1, 0.15) is 36.0 Å². The average molecular weight is 385 g/mol. The highest BCUT2D eigenvalue weighted by atomic mass is 15.1. The smallest absolute Gasteiger partial charge is 0.0889 e. The van der Waals surface area contributed by atoms with Crippen LogP contribution in [0.5, 0.6) is 0 Å². The second-order valence-electron chi connectivity index (χ2n) is 8.56. The van der Waals surface area contributed by atoms with E-state index in [1.165, 1.54) is 34.5 Å². The third-order valence-corrected chi connectivity index (χ3v) is 6.74. The van der Waals surface area contributed by atoms with Crippen LogP contribution < -0.4 is 5.32 Å². The van der Waals surface area contributed by atoms with E-state index in [9.17, 15) is 0 Å². The molecule has 1 N–H and O–H groups in total. The molecule has 4 nitrogen and oxygen atoms in total. The van der Waals surface area contributed by atoms with E-state index in [-0.39, 0.29) is 5.41 Å². The number of aromatic nitrogens is 2. The number of aryl methyl sites for hydroxylation is 2. The summed E-state index contributed by atoms with van der Waals surface area (Å²) in [5.41, 5.74) is 8.67. The van der Waals surface area contributed by atoms with E-state index >= 15 is 0 Å². The van der Waals surface area contributed by atoms with Gasteiger partial charge in [0.25, 0.3) is 0 Å². The van der Waals surface area contributed by atoms with Gasteiger partial charge in [0.2, 0.25) is 0 Å². The van der Waals surface area contributed by atoms with Gasteiger partial charge in [-0.05, 0) is 81.6 Å². The van der Waals surface area contributed by atoms with E-state index in [1.54, 1.807) is 12.4 Å². The maximum atomic E-state index is 4.43. The summed E-state index contributed by atoms with van der Waals surface area (Å²) in [6.07, 6.45) is 8.08. The number of hydrogen-bond donors (Lipinski definition) is 1. The first-order valence-corrected chi connectivity index (χ1v) is 10.6. The predicted octanol–water partition coefficient (Wildman–Crippen LogP) is 4.84. The van der Waals surface area contributed by atoms with Gasteiger partial charge < -0.3 is 10.2 Å². The monoisotopic (exact) mass is 384 g/mol. The molecule has 0 amide bonds. The van der Waals surface area contributed by atoms with Crippen LogP contribution in [-0.4, -0.2) is 34.5 Å². The molecule has 3 heterocycles. The van der Waals surface area contributed by atoms with Crippen molar-refractivity contribution in [3.8, 4) is 0 Å². The van der Waals surface area contributed by atoms with Gasteiger partial charge in [-0.1, -0.05) is 30.3 Å². The molecule has 0 bridgehead atoms. The van der Waals surface area contributed by atoms with Crippen LogP contribution in [0, 0.1) is 6.92 Å². The van der Waals surface area contributed by atoms with E-state index in [2.05, 4.69) is 70.1 Å². The Morgan fingerprint density at radius 1 is 1.03 bits per heavy atom. The van der Waals surface area contributed by atoms with E-state index in [0.29, 0.717) is 0 Å². The number of piperidine rings is 1. The van der Waals surface area contributed by atoms with Crippen LogP contribution in [0.25, 0.3) is 11.0 Å². The highest BCUT2D eigenvalue weighted by Gasteiger charge is 2.44. The molecule has 1 fully saturated rings. The van der Waals surface area contributed by atoms with Crippen LogP contribution in [0.2, 0.25) is 0 Å². The first-order valence-electron chi connectivity index (χ1n) is 10.6. The van der Waals surface area contributed by atoms with Crippen molar-refractivity contribution >= 4 is 16.7 Å². The summed E-state index contributed by atoms with van der Waals surface area (Å²) in [5, 5.41) is 3.56. The van der Waals surface area contributed by atoms with Crippen LogP contribution in [0.4, 0.5) is 5.69 Å². The molecule has 4 heteroatoms. The van der Waals surface area contributed by atoms with E-state index in [0.717, 1.165) is 49.9 Å². The average Bonchev–Trinajstić information content (AvgIpc) is 3.00. The molecule has 1 aromatic heterocycles. The number of nitrogens with zero attached hydrogens (tertiary/aromatic N) is 3. The maximum absolute atomic E-state index is 4.43. The zero-order valence-corrected chi connectivity index (χ0v) is 17.1. The van der Waals surface area contributed by atoms with Crippen molar-refractivity contribution in [1.29, 1.82) is 0 Å². The van der Waals surface area contributed by atoms with Gasteiger partial charge in [-0.3, -0.25) is 9.97 Å². The van der Waals surface area contributed by atoms with Crippen molar-refractivity contribution < 1.29 is 0 Å². The molecular formula is C25H28N4. The number of rotatable bonds is 4. The molecular weight excluding hydrogens is 356 g/mol. The van der Waals surface area contributed by atoms with Crippen LogP contribution in [0.3, 0.4) is 0 Å². The summed E-state index contributed by atoms with van der Waals surface area (Å²) in [7, 11) is 0. The van der Waals surface area contributed by atoms with Crippen molar-refractivity contribution in [2.75, 3.05) is 25.0 Å². The fourth-order valence-corrected chi connectivity index (χ4v) is 5.01. The molecule has 0 atom stereocenters. The van der Waals surface area contributed by atoms with Crippen molar-refractivity contribution in [3.05, 3.63) is 77.8 Å². The molecule has 0 aliphatic carbocycles. The zero-order chi connectivity index (χ0) is 19.8. The van der Waals surface area contributed by atoms with Crippen LogP contribution >= 0.6 is 0 Å². The fourth-order valence-electron chi connectivity index (χ4n) is 5.01.